The second-order valence-corrected chi connectivity index (χ2v) is 12.0. The molecule has 0 unspecified atom stereocenters. The Balaban J connectivity index is 0.00000417. The Labute approximate surface area is 282 Å². The van der Waals surface area contributed by atoms with Gasteiger partial charge in [-0.05, 0) is 24.6 Å². The highest BCUT2D eigenvalue weighted by molar-refractivity contribution is 7.18. The number of carbonyl (C=O) groups excluding carboxylic acids is 4. The highest BCUT2D eigenvalue weighted by atomic mass is 127. The van der Waals surface area contributed by atoms with Gasteiger partial charge in [-0.25, -0.2) is 9.78 Å². The fraction of sp³-hybridized carbons (Fsp3) is 0.267. The number of carbonyl (C=O) groups is 4. The molecule has 1 fully saturated rings. The standard InChI is InChI=1S/C30H26N6O8S.HI/c1-15-22(20-11-34-14-32-24(29(34)45-20)27(39)18-7-9-33(10-8-18)12-21(31)38)26(35-25(15)23(16(2)37)28(35)40)30(41)44-13-17-3-5-19(6-4-17)36(42)43;/h3-11,14-16,23,25,37H,12-13H2,1-2H3,(H-,31,38);1H/t15-,16+,23+,25+;/m0./s1. The maximum absolute atomic E-state index is 13.6. The average molecular weight is 759 g/mol. The Kier molecular flexibility index (Phi) is 9.05. The summed E-state index contributed by atoms with van der Waals surface area (Å²) in [5.41, 5.74) is 6.81. The van der Waals surface area contributed by atoms with Gasteiger partial charge in [-0.15, -0.1) is 11.3 Å². The number of hydrogen-bond acceptors (Lipinski definition) is 10. The number of nitro benzene ring substituents is 1. The summed E-state index contributed by atoms with van der Waals surface area (Å²) in [4.78, 5) is 68.7. The monoisotopic (exact) mass is 758 g/mol. The van der Waals surface area contributed by atoms with E-state index in [4.69, 9.17) is 10.5 Å². The molecule has 0 aliphatic carbocycles. The zero-order valence-electron chi connectivity index (χ0n) is 24.4. The molecule has 0 spiro atoms. The number of rotatable bonds is 10. The molecule has 4 aromatic rings. The molecule has 3 aromatic heterocycles. The molecule has 14 nitrogen and oxygen atoms in total. The Bertz CT molecular complexity index is 1920. The van der Waals surface area contributed by atoms with E-state index in [0.29, 0.717) is 26.4 Å². The predicted molar refractivity (Wildman–Crippen MR) is 157 cm³/mol. The van der Waals surface area contributed by atoms with Crippen molar-refractivity contribution in [1.29, 1.82) is 0 Å². The van der Waals surface area contributed by atoms with Crippen LogP contribution in [0.3, 0.4) is 0 Å². The second-order valence-electron chi connectivity index (χ2n) is 11.0. The molecule has 2 aliphatic rings. The van der Waals surface area contributed by atoms with E-state index in [1.54, 1.807) is 39.7 Å². The molecule has 1 aromatic carbocycles. The third-order valence-electron chi connectivity index (χ3n) is 8.07. The van der Waals surface area contributed by atoms with Gasteiger partial charge in [-0.1, -0.05) is 6.92 Å². The summed E-state index contributed by atoms with van der Waals surface area (Å²) >= 11 is 1.23. The summed E-state index contributed by atoms with van der Waals surface area (Å²) in [6, 6.07) is 8.25. The van der Waals surface area contributed by atoms with Crippen LogP contribution in [0.25, 0.3) is 10.4 Å². The number of primary amides is 1. The minimum Gasteiger partial charge on any atom is -1.00 e. The summed E-state index contributed by atoms with van der Waals surface area (Å²) < 4.78 is 8.82. The van der Waals surface area contributed by atoms with Crippen LogP contribution in [0.4, 0.5) is 5.69 Å². The topological polar surface area (TPSA) is 191 Å². The molecule has 46 heavy (non-hydrogen) atoms. The zero-order chi connectivity index (χ0) is 32.2. The first kappa shape index (κ1) is 32.8. The van der Waals surface area contributed by atoms with E-state index in [-0.39, 0.29) is 65.9 Å². The molecule has 5 heterocycles. The third-order valence-corrected chi connectivity index (χ3v) is 9.21. The van der Waals surface area contributed by atoms with Gasteiger partial charge in [-0.2, -0.15) is 4.57 Å². The van der Waals surface area contributed by atoms with Crippen LogP contribution in [0.1, 0.15) is 40.3 Å². The number of esters is 1. The fourth-order valence-electron chi connectivity index (χ4n) is 5.93. The van der Waals surface area contributed by atoms with Gasteiger partial charge in [0.1, 0.15) is 29.2 Å². The summed E-state index contributed by atoms with van der Waals surface area (Å²) in [6.45, 7) is 3.20. The summed E-state index contributed by atoms with van der Waals surface area (Å²) in [6.07, 6.45) is 5.44. The maximum Gasteiger partial charge on any atom is 0.355 e. The largest absolute Gasteiger partial charge is 1.00 e. The van der Waals surface area contributed by atoms with E-state index in [1.165, 1.54) is 53.8 Å². The summed E-state index contributed by atoms with van der Waals surface area (Å²) in [5, 5.41) is 21.3. The number of imidazole rings is 1. The van der Waals surface area contributed by atoms with Crippen LogP contribution in [0.2, 0.25) is 0 Å². The lowest BCUT2D eigenvalue weighted by atomic mass is 9.77. The van der Waals surface area contributed by atoms with Crippen molar-refractivity contribution in [3.8, 4) is 0 Å². The van der Waals surface area contributed by atoms with E-state index in [9.17, 15) is 34.4 Å². The SMILES string of the molecule is C[C@@H](O)[C@H]1C(=O)N2C(C(=O)OCc3ccc([N+](=O)[O-])cc3)=C(c3cn4cnc(C(=O)c5cc[n+](CC(N)=O)cc5)c4s3)[C@H](C)[C@H]12.[I-]. The molecule has 4 atom stereocenters. The third kappa shape index (κ3) is 5.67. The smallest absolute Gasteiger partial charge is 0.355 e. The molecule has 6 rings (SSSR count). The molecule has 1 saturated heterocycles. The summed E-state index contributed by atoms with van der Waals surface area (Å²) in [7, 11) is 0. The molecule has 0 bridgehead atoms. The van der Waals surface area contributed by atoms with Crippen molar-refractivity contribution in [1.82, 2.24) is 14.3 Å². The molecular weight excluding hydrogens is 731 g/mol. The van der Waals surface area contributed by atoms with Crippen LogP contribution in [-0.2, 0) is 32.3 Å². The van der Waals surface area contributed by atoms with Crippen molar-refractivity contribution in [2.45, 2.75) is 39.1 Å². The van der Waals surface area contributed by atoms with Crippen molar-refractivity contribution in [2.24, 2.45) is 17.6 Å². The van der Waals surface area contributed by atoms with Gasteiger partial charge in [-0.3, -0.25) is 28.9 Å². The van der Waals surface area contributed by atoms with E-state index < -0.39 is 40.8 Å². The first-order valence-corrected chi connectivity index (χ1v) is 14.7. The number of nitrogens with zero attached hydrogens (tertiary/aromatic N) is 5. The predicted octanol–water partition coefficient (Wildman–Crippen LogP) is -1.38. The van der Waals surface area contributed by atoms with Crippen LogP contribution in [0.15, 0.2) is 67.0 Å². The fourth-order valence-corrected chi connectivity index (χ4v) is 7.14. The van der Waals surface area contributed by atoms with Crippen molar-refractivity contribution >= 4 is 51.0 Å². The Morgan fingerprint density at radius 1 is 1.20 bits per heavy atom. The molecular formula is C30H27IN6O8S. The van der Waals surface area contributed by atoms with E-state index in [0.717, 1.165) is 0 Å². The number of amides is 2. The molecule has 2 aliphatic heterocycles. The first-order chi connectivity index (χ1) is 21.5. The number of ether oxygens (including phenoxy) is 1. The van der Waals surface area contributed by atoms with Crippen LogP contribution in [0, 0.1) is 22.0 Å². The van der Waals surface area contributed by atoms with Crippen LogP contribution >= 0.6 is 11.3 Å². The van der Waals surface area contributed by atoms with Gasteiger partial charge in [0.25, 0.3) is 11.6 Å². The number of aromatic nitrogens is 3. The number of non-ortho nitro benzene ring substituents is 1. The van der Waals surface area contributed by atoms with Crippen molar-refractivity contribution in [3.63, 3.8) is 0 Å². The Morgan fingerprint density at radius 3 is 2.48 bits per heavy atom. The second kappa shape index (κ2) is 12.7. The Hall–Kier alpha value is -4.55. The number of aliphatic hydroxyl groups is 1. The number of pyridine rings is 1. The van der Waals surface area contributed by atoms with Gasteiger partial charge < -0.3 is 44.5 Å². The Morgan fingerprint density at radius 2 is 1.87 bits per heavy atom. The van der Waals surface area contributed by atoms with Gasteiger partial charge in [0.15, 0.2) is 12.4 Å². The van der Waals surface area contributed by atoms with Gasteiger partial charge in [0.2, 0.25) is 18.2 Å². The van der Waals surface area contributed by atoms with Crippen LogP contribution in [0.5, 0.6) is 0 Å². The highest BCUT2D eigenvalue weighted by Gasteiger charge is 2.60. The zero-order valence-corrected chi connectivity index (χ0v) is 27.4. The minimum atomic E-state index is -0.933. The van der Waals surface area contributed by atoms with E-state index in [1.807, 2.05) is 6.92 Å². The number of halogens is 1. The number of β-lactam (4-membered cyclic amide) rings is 1. The number of thiazole rings is 1. The molecule has 3 N–H and O–H groups in total. The molecule has 16 heteroatoms. The van der Waals surface area contributed by atoms with Gasteiger partial charge in [0, 0.05) is 47.5 Å². The normalized spacial score (nSPS) is 19.3. The van der Waals surface area contributed by atoms with E-state index >= 15 is 0 Å². The van der Waals surface area contributed by atoms with E-state index in [2.05, 4.69) is 4.98 Å². The lowest BCUT2D eigenvalue weighted by Crippen LogP contribution is -3.00. The number of benzene rings is 1. The highest BCUT2D eigenvalue weighted by Crippen LogP contribution is 2.52. The number of ketones is 1. The van der Waals surface area contributed by atoms with Crippen molar-refractivity contribution < 1.29 is 62.5 Å². The minimum absolute atomic E-state index is 0. The summed E-state index contributed by atoms with van der Waals surface area (Å²) in [5.74, 6) is -3.06. The number of nitro groups is 1. The first-order valence-electron chi connectivity index (χ1n) is 13.9. The number of aliphatic hydroxyl groups excluding tert-OH is 1. The lowest BCUT2D eigenvalue weighted by Gasteiger charge is -2.46. The quantitative estimate of drug-likeness (QED) is 0.0374. The van der Waals surface area contributed by atoms with Crippen LogP contribution in [-0.4, -0.2) is 60.0 Å². The van der Waals surface area contributed by atoms with Gasteiger partial charge >= 0.3 is 5.97 Å². The van der Waals surface area contributed by atoms with Gasteiger partial charge in [0.05, 0.1) is 27.9 Å². The number of hydrogen-bond donors (Lipinski definition) is 2. The molecule has 238 valence electrons. The molecule has 2 amide bonds. The lowest BCUT2D eigenvalue weighted by molar-refractivity contribution is -0.684. The average Bonchev–Trinajstić information content (AvgIpc) is 3.65. The van der Waals surface area contributed by atoms with Crippen LogP contribution < -0.4 is 34.3 Å². The number of nitrogens with two attached hydrogens (primary N) is 1. The number of fused-ring (bicyclic) bond motifs is 2. The maximum atomic E-state index is 13.6. The molecule has 0 saturated carbocycles. The van der Waals surface area contributed by atoms with Crippen molar-refractivity contribution in [2.75, 3.05) is 0 Å². The van der Waals surface area contributed by atoms with Crippen molar-refractivity contribution in [3.05, 3.63) is 98.8 Å². The molecule has 0 radical (unpaired) electrons.